The number of rotatable bonds is 7. The first-order valence-corrected chi connectivity index (χ1v) is 11.3. The molecule has 3 rings (SSSR count). The molecule has 1 saturated carbocycles. The molecular formula is C19H27ClN2O4S. The summed E-state index contributed by atoms with van der Waals surface area (Å²) in [4.78, 5) is 15.1. The highest BCUT2D eigenvalue weighted by atomic mass is 35.5. The minimum absolute atomic E-state index is 0.108. The van der Waals surface area contributed by atoms with Gasteiger partial charge in [0.05, 0.1) is 28.7 Å². The molecule has 8 heteroatoms. The number of morpholine rings is 1. The summed E-state index contributed by atoms with van der Waals surface area (Å²) in [5.41, 5.74) is 0.265. The van der Waals surface area contributed by atoms with Gasteiger partial charge in [-0.1, -0.05) is 25.4 Å². The summed E-state index contributed by atoms with van der Waals surface area (Å²) in [6.07, 6.45) is 2.89. The highest BCUT2D eigenvalue weighted by Crippen LogP contribution is 2.31. The van der Waals surface area contributed by atoms with E-state index in [1.165, 1.54) is 22.5 Å². The fourth-order valence-corrected chi connectivity index (χ4v) is 4.79. The fraction of sp³-hybridized carbons (Fsp3) is 0.632. The van der Waals surface area contributed by atoms with E-state index in [1.807, 2.05) is 4.90 Å². The van der Waals surface area contributed by atoms with E-state index in [2.05, 4.69) is 13.8 Å². The second-order valence-electron chi connectivity index (χ2n) is 7.57. The maximum atomic E-state index is 13.1. The summed E-state index contributed by atoms with van der Waals surface area (Å²) in [5, 5.41) is 0.288. The number of nitrogens with zero attached hydrogens (tertiary/aromatic N) is 2. The number of sulfonamides is 1. The molecule has 0 N–H and O–H groups in total. The molecule has 0 bridgehead atoms. The zero-order valence-electron chi connectivity index (χ0n) is 15.9. The summed E-state index contributed by atoms with van der Waals surface area (Å²) in [5.74, 6) is 0.310. The molecule has 0 spiro atoms. The van der Waals surface area contributed by atoms with E-state index >= 15 is 0 Å². The number of carbonyl (C=O) groups excluding carboxylic acids is 1. The predicted octanol–water partition coefficient (Wildman–Crippen LogP) is 3.01. The number of carbonyl (C=O) groups is 1. The van der Waals surface area contributed by atoms with Crippen molar-refractivity contribution in [2.24, 2.45) is 5.92 Å². The predicted molar refractivity (Wildman–Crippen MR) is 105 cm³/mol. The second-order valence-corrected chi connectivity index (χ2v) is 9.92. The monoisotopic (exact) mass is 414 g/mol. The van der Waals surface area contributed by atoms with Gasteiger partial charge < -0.3 is 9.64 Å². The lowest BCUT2D eigenvalue weighted by Gasteiger charge is -2.27. The summed E-state index contributed by atoms with van der Waals surface area (Å²) in [6.45, 7) is 6.30. The Morgan fingerprint density at radius 1 is 1.30 bits per heavy atom. The molecule has 1 aliphatic carbocycles. The molecule has 1 heterocycles. The van der Waals surface area contributed by atoms with Crippen molar-refractivity contribution in [3.8, 4) is 0 Å². The van der Waals surface area contributed by atoms with E-state index in [0.717, 1.165) is 19.3 Å². The third kappa shape index (κ3) is 4.83. The smallest absolute Gasteiger partial charge is 0.255 e. The number of halogens is 1. The lowest BCUT2D eigenvalue weighted by atomic mass is 10.1. The van der Waals surface area contributed by atoms with Crippen molar-refractivity contribution in [3.63, 3.8) is 0 Å². The summed E-state index contributed by atoms with van der Waals surface area (Å²) >= 11 is 6.28. The van der Waals surface area contributed by atoms with Gasteiger partial charge in [0.15, 0.2) is 0 Å². The lowest BCUT2D eigenvalue weighted by Crippen LogP contribution is -2.40. The third-order valence-electron chi connectivity index (χ3n) is 4.97. The normalized spacial score (nSPS) is 18.7. The molecule has 1 aromatic rings. The highest BCUT2D eigenvalue weighted by molar-refractivity contribution is 7.89. The van der Waals surface area contributed by atoms with Crippen LogP contribution < -0.4 is 0 Å². The van der Waals surface area contributed by atoms with Gasteiger partial charge in [0.25, 0.3) is 5.91 Å². The van der Waals surface area contributed by atoms with Crippen LogP contribution in [0.2, 0.25) is 5.02 Å². The molecule has 2 fully saturated rings. The van der Waals surface area contributed by atoms with Gasteiger partial charge in [-0.2, -0.15) is 4.31 Å². The van der Waals surface area contributed by atoms with E-state index in [0.29, 0.717) is 38.8 Å². The van der Waals surface area contributed by atoms with Crippen LogP contribution in [0, 0.1) is 5.92 Å². The molecule has 0 radical (unpaired) electrons. The average Bonchev–Trinajstić information content (AvgIpc) is 3.47. The van der Waals surface area contributed by atoms with Crippen LogP contribution in [0.3, 0.4) is 0 Å². The van der Waals surface area contributed by atoms with Crippen LogP contribution in [-0.2, 0) is 14.8 Å². The van der Waals surface area contributed by atoms with Gasteiger partial charge in [-0.3, -0.25) is 4.79 Å². The fourth-order valence-electron chi connectivity index (χ4n) is 3.15. The Hall–Kier alpha value is -1.15. The topological polar surface area (TPSA) is 66.9 Å². The van der Waals surface area contributed by atoms with Crippen LogP contribution in [0.4, 0.5) is 0 Å². The Morgan fingerprint density at radius 3 is 2.56 bits per heavy atom. The van der Waals surface area contributed by atoms with Crippen LogP contribution >= 0.6 is 11.6 Å². The zero-order valence-corrected chi connectivity index (χ0v) is 17.4. The maximum Gasteiger partial charge on any atom is 0.255 e. The van der Waals surface area contributed by atoms with Crippen molar-refractivity contribution in [1.29, 1.82) is 0 Å². The number of amides is 1. The Morgan fingerprint density at radius 2 is 1.96 bits per heavy atom. The second kappa shape index (κ2) is 8.47. The molecular weight excluding hydrogens is 388 g/mol. The number of benzene rings is 1. The van der Waals surface area contributed by atoms with E-state index < -0.39 is 10.0 Å². The van der Waals surface area contributed by atoms with Crippen LogP contribution in [0.5, 0.6) is 0 Å². The van der Waals surface area contributed by atoms with Gasteiger partial charge in [-0.25, -0.2) is 8.42 Å². The Bertz CT molecular complexity index is 787. The number of ether oxygens (including phenoxy) is 1. The molecule has 2 aliphatic rings. The number of hydrogen-bond donors (Lipinski definition) is 0. The average molecular weight is 415 g/mol. The van der Waals surface area contributed by atoms with Crippen LogP contribution in [0.25, 0.3) is 0 Å². The van der Waals surface area contributed by atoms with E-state index in [9.17, 15) is 13.2 Å². The SMILES string of the molecule is CC(C)CCN(C(=O)c1cc(S(=O)(=O)N2CCOCC2)ccc1Cl)C1CC1. The molecule has 0 aromatic heterocycles. The quantitative estimate of drug-likeness (QED) is 0.687. The van der Waals surface area contributed by atoms with Crippen LogP contribution in [-0.4, -0.2) is 62.4 Å². The van der Waals surface area contributed by atoms with Gasteiger partial charge in [0.2, 0.25) is 10.0 Å². The first kappa shape index (κ1) is 20.6. The van der Waals surface area contributed by atoms with Crippen molar-refractivity contribution >= 4 is 27.5 Å². The maximum absolute atomic E-state index is 13.1. The largest absolute Gasteiger partial charge is 0.379 e. The van der Waals surface area contributed by atoms with Gasteiger partial charge in [-0.15, -0.1) is 0 Å². The van der Waals surface area contributed by atoms with Gasteiger partial charge in [-0.05, 0) is 43.4 Å². The zero-order chi connectivity index (χ0) is 19.6. The molecule has 150 valence electrons. The molecule has 1 aliphatic heterocycles. The first-order chi connectivity index (χ1) is 12.8. The molecule has 0 unspecified atom stereocenters. The van der Waals surface area contributed by atoms with Crippen molar-refractivity contribution in [2.45, 2.75) is 44.0 Å². The molecule has 6 nitrogen and oxygen atoms in total. The van der Waals surface area contributed by atoms with Crippen LogP contribution in [0.1, 0.15) is 43.5 Å². The van der Waals surface area contributed by atoms with Crippen molar-refractivity contribution < 1.29 is 17.9 Å². The van der Waals surface area contributed by atoms with E-state index in [4.69, 9.17) is 16.3 Å². The van der Waals surface area contributed by atoms with Gasteiger partial charge in [0, 0.05) is 25.7 Å². The Kier molecular flexibility index (Phi) is 6.46. The summed E-state index contributed by atoms with van der Waals surface area (Å²) < 4.78 is 32.4. The van der Waals surface area contributed by atoms with E-state index in [-0.39, 0.29) is 27.4 Å². The Balaban J connectivity index is 1.86. The first-order valence-electron chi connectivity index (χ1n) is 9.49. The van der Waals surface area contributed by atoms with Crippen LogP contribution in [0.15, 0.2) is 23.1 Å². The molecule has 1 saturated heterocycles. The molecule has 0 atom stereocenters. The number of hydrogen-bond acceptors (Lipinski definition) is 4. The minimum Gasteiger partial charge on any atom is -0.379 e. The molecule has 1 amide bonds. The summed E-state index contributed by atoms with van der Waals surface area (Å²) in [7, 11) is -3.67. The van der Waals surface area contributed by atoms with E-state index in [1.54, 1.807) is 0 Å². The lowest BCUT2D eigenvalue weighted by molar-refractivity contribution is 0.0727. The van der Waals surface area contributed by atoms with Gasteiger partial charge >= 0.3 is 0 Å². The standard InChI is InChI=1S/C19H27ClN2O4S/c1-14(2)7-8-22(15-3-4-15)19(23)17-13-16(5-6-18(17)20)27(24,25)21-9-11-26-12-10-21/h5-6,13-15H,3-4,7-12H2,1-2H3. The highest BCUT2D eigenvalue weighted by Gasteiger charge is 2.34. The van der Waals surface area contributed by atoms with Gasteiger partial charge in [0.1, 0.15) is 0 Å². The summed E-state index contributed by atoms with van der Waals surface area (Å²) in [6, 6.07) is 4.65. The Labute approximate surface area is 166 Å². The minimum atomic E-state index is -3.67. The molecule has 1 aromatic carbocycles. The molecule has 27 heavy (non-hydrogen) atoms. The third-order valence-corrected chi connectivity index (χ3v) is 7.20. The van der Waals surface area contributed by atoms with Crippen molar-refractivity contribution in [3.05, 3.63) is 28.8 Å². The van der Waals surface area contributed by atoms with Crippen molar-refractivity contribution in [2.75, 3.05) is 32.8 Å². The van der Waals surface area contributed by atoms with Crippen molar-refractivity contribution in [1.82, 2.24) is 9.21 Å².